The molecule has 1 aliphatic rings. The summed E-state index contributed by atoms with van der Waals surface area (Å²) >= 11 is 1.55. The van der Waals surface area contributed by atoms with Gasteiger partial charge in [0.2, 0.25) is 21.8 Å². The van der Waals surface area contributed by atoms with Crippen LogP contribution in [0.15, 0.2) is 82.6 Å². The molecule has 3 N–H and O–H groups in total. The Hall–Kier alpha value is -3.14. The first-order chi connectivity index (χ1) is 16.3. The van der Waals surface area contributed by atoms with Crippen LogP contribution in [0.5, 0.6) is 0 Å². The fraction of sp³-hybridized carbons (Fsp3) is 0.200. The fourth-order valence-electron chi connectivity index (χ4n) is 3.75. The summed E-state index contributed by atoms with van der Waals surface area (Å²) < 4.78 is 29.1. The summed E-state index contributed by atoms with van der Waals surface area (Å²) in [5, 5.41) is 5.59. The molecule has 1 atom stereocenters. The van der Waals surface area contributed by atoms with Crippen molar-refractivity contribution in [2.45, 2.75) is 35.1 Å². The molecule has 0 unspecified atom stereocenters. The topological polar surface area (TPSA) is 104 Å². The zero-order chi connectivity index (χ0) is 24.1. The lowest BCUT2D eigenvalue weighted by Crippen LogP contribution is -2.45. The van der Waals surface area contributed by atoms with E-state index in [0.29, 0.717) is 24.2 Å². The average Bonchev–Trinajstić information content (AvgIpc) is 2.84. The molecule has 1 aliphatic heterocycles. The number of thioether (sulfide) groups is 1. The second-order valence-electron chi connectivity index (χ2n) is 7.95. The highest BCUT2D eigenvalue weighted by molar-refractivity contribution is 7.98. The van der Waals surface area contributed by atoms with Crippen LogP contribution in [0, 0.1) is 0 Å². The van der Waals surface area contributed by atoms with Gasteiger partial charge in [0.25, 0.3) is 0 Å². The third-order valence-corrected chi connectivity index (χ3v) is 7.71. The number of carbonyl (C=O) groups excluding carboxylic acids is 2. The Morgan fingerprint density at radius 3 is 2.59 bits per heavy atom. The molecule has 0 radical (unpaired) electrons. The molecule has 34 heavy (non-hydrogen) atoms. The van der Waals surface area contributed by atoms with Crippen molar-refractivity contribution in [1.82, 2.24) is 4.72 Å². The molecule has 0 saturated carbocycles. The fourth-order valence-corrected chi connectivity index (χ4v) is 5.46. The first kappa shape index (κ1) is 24.0. The maximum Gasteiger partial charge on any atom is 0.242 e. The number of aryl methyl sites for hydroxylation is 1. The predicted molar refractivity (Wildman–Crippen MR) is 135 cm³/mol. The smallest absolute Gasteiger partial charge is 0.242 e. The molecule has 2 amide bonds. The van der Waals surface area contributed by atoms with Gasteiger partial charge in [-0.1, -0.05) is 36.4 Å². The average molecular weight is 496 g/mol. The number of fused-ring (bicyclic) bond motifs is 1. The molecule has 4 rings (SSSR count). The van der Waals surface area contributed by atoms with Crippen molar-refractivity contribution in [2.75, 3.05) is 16.9 Å². The second kappa shape index (κ2) is 10.4. The lowest BCUT2D eigenvalue weighted by molar-refractivity contribution is -0.118. The van der Waals surface area contributed by atoms with Crippen LogP contribution in [0.4, 0.5) is 11.4 Å². The molecule has 3 aromatic rings. The SMILES string of the molecule is CSc1cccc(NC(=O)[C@@H](Cc2ccccc2)NS(=O)(=O)c2ccc3c(c2)CCC(=O)N3)c1. The van der Waals surface area contributed by atoms with Crippen LogP contribution in [-0.4, -0.2) is 32.5 Å². The van der Waals surface area contributed by atoms with E-state index in [4.69, 9.17) is 0 Å². The summed E-state index contributed by atoms with van der Waals surface area (Å²) in [5.74, 6) is -0.540. The Balaban J connectivity index is 1.59. The molecule has 7 nitrogen and oxygen atoms in total. The van der Waals surface area contributed by atoms with Crippen molar-refractivity contribution < 1.29 is 18.0 Å². The van der Waals surface area contributed by atoms with Crippen molar-refractivity contribution in [3.05, 3.63) is 83.9 Å². The van der Waals surface area contributed by atoms with E-state index in [1.807, 2.05) is 54.8 Å². The Bertz CT molecular complexity index is 1310. The molecule has 176 valence electrons. The molecular formula is C25H25N3O4S2. The minimum atomic E-state index is -4.00. The Morgan fingerprint density at radius 2 is 1.82 bits per heavy atom. The zero-order valence-corrected chi connectivity index (χ0v) is 20.2. The van der Waals surface area contributed by atoms with Crippen molar-refractivity contribution in [3.63, 3.8) is 0 Å². The molecule has 0 spiro atoms. The van der Waals surface area contributed by atoms with E-state index in [0.717, 1.165) is 16.0 Å². The Labute approximate surface area is 203 Å². The molecule has 0 aromatic heterocycles. The van der Waals surface area contributed by atoms with Crippen molar-refractivity contribution >= 4 is 45.0 Å². The Morgan fingerprint density at radius 1 is 1.03 bits per heavy atom. The minimum absolute atomic E-state index is 0.0534. The highest BCUT2D eigenvalue weighted by Crippen LogP contribution is 2.26. The predicted octanol–water partition coefficient (Wildman–Crippen LogP) is 3.82. The van der Waals surface area contributed by atoms with Crippen LogP contribution in [0.1, 0.15) is 17.5 Å². The third-order valence-electron chi connectivity index (χ3n) is 5.52. The van der Waals surface area contributed by atoms with Gasteiger partial charge in [-0.15, -0.1) is 11.8 Å². The number of hydrogen-bond acceptors (Lipinski definition) is 5. The second-order valence-corrected chi connectivity index (χ2v) is 10.5. The molecular weight excluding hydrogens is 470 g/mol. The van der Waals surface area contributed by atoms with Gasteiger partial charge in [-0.25, -0.2) is 8.42 Å². The van der Waals surface area contributed by atoms with Crippen molar-refractivity contribution in [2.24, 2.45) is 0 Å². The summed E-state index contributed by atoms with van der Waals surface area (Å²) in [4.78, 5) is 25.8. The highest BCUT2D eigenvalue weighted by atomic mass is 32.2. The van der Waals surface area contributed by atoms with E-state index in [9.17, 15) is 18.0 Å². The monoisotopic (exact) mass is 495 g/mol. The number of nitrogens with one attached hydrogen (secondary N) is 3. The van der Waals surface area contributed by atoms with Gasteiger partial charge in [-0.3, -0.25) is 9.59 Å². The van der Waals surface area contributed by atoms with E-state index in [-0.39, 0.29) is 17.2 Å². The lowest BCUT2D eigenvalue weighted by Gasteiger charge is -2.21. The third kappa shape index (κ3) is 5.85. The van der Waals surface area contributed by atoms with Gasteiger partial charge < -0.3 is 10.6 Å². The van der Waals surface area contributed by atoms with Crippen LogP contribution >= 0.6 is 11.8 Å². The van der Waals surface area contributed by atoms with E-state index in [2.05, 4.69) is 15.4 Å². The lowest BCUT2D eigenvalue weighted by atomic mass is 10.0. The standard InChI is InChI=1S/C25H25N3O4S2/c1-33-20-9-5-8-19(16-20)26-25(30)23(14-17-6-3-2-4-7-17)28-34(31,32)21-11-12-22-18(15-21)10-13-24(29)27-22/h2-9,11-12,15-16,23,28H,10,13-14H2,1H3,(H,26,30)(H,27,29)/t23-/m1/s1. The molecule has 0 saturated heterocycles. The molecule has 0 aliphatic carbocycles. The summed E-state index contributed by atoms with van der Waals surface area (Å²) in [6, 6.07) is 20.2. The summed E-state index contributed by atoms with van der Waals surface area (Å²) in [7, 11) is -4.00. The van der Waals surface area contributed by atoms with Gasteiger partial charge in [-0.05, 0) is 66.6 Å². The van der Waals surface area contributed by atoms with E-state index in [1.165, 1.54) is 6.07 Å². The van der Waals surface area contributed by atoms with Gasteiger partial charge in [0.05, 0.1) is 4.90 Å². The number of amides is 2. The first-order valence-corrected chi connectivity index (χ1v) is 13.5. The van der Waals surface area contributed by atoms with Crippen molar-refractivity contribution in [1.29, 1.82) is 0 Å². The van der Waals surface area contributed by atoms with Crippen LogP contribution in [0.3, 0.4) is 0 Å². The highest BCUT2D eigenvalue weighted by Gasteiger charge is 2.27. The van der Waals surface area contributed by atoms with E-state index < -0.39 is 22.0 Å². The molecule has 9 heteroatoms. The van der Waals surface area contributed by atoms with Crippen LogP contribution in [0.25, 0.3) is 0 Å². The number of benzene rings is 3. The quantitative estimate of drug-likeness (QED) is 0.412. The summed E-state index contributed by atoms with van der Waals surface area (Å²) in [6.45, 7) is 0. The largest absolute Gasteiger partial charge is 0.326 e. The van der Waals surface area contributed by atoms with Gasteiger partial charge in [-0.2, -0.15) is 4.72 Å². The van der Waals surface area contributed by atoms with Crippen LogP contribution in [-0.2, 0) is 32.5 Å². The molecule has 1 heterocycles. The minimum Gasteiger partial charge on any atom is -0.326 e. The maximum atomic E-state index is 13.3. The van der Waals surface area contributed by atoms with Crippen LogP contribution in [0.2, 0.25) is 0 Å². The number of carbonyl (C=O) groups is 2. The van der Waals surface area contributed by atoms with Crippen LogP contribution < -0.4 is 15.4 Å². The number of sulfonamides is 1. The van der Waals surface area contributed by atoms with Gasteiger partial charge >= 0.3 is 0 Å². The number of hydrogen-bond donors (Lipinski definition) is 3. The molecule has 0 bridgehead atoms. The van der Waals surface area contributed by atoms with Gasteiger partial charge in [0.15, 0.2) is 0 Å². The van der Waals surface area contributed by atoms with Gasteiger partial charge in [0.1, 0.15) is 6.04 Å². The molecule has 3 aromatic carbocycles. The van der Waals surface area contributed by atoms with Crippen molar-refractivity contribution in [3.8, 4) is 0 Å². The normalized spacial score (nSPS) is 14.1. The Kier molecular flexibility index (Phi) is 7.35. The number of anilines is 2. The maximum absolute atomic E-state index is 13.3. The first-order valence-electron chi connectivity index (χ1n) is 10.8. The van der Waals surface area contributed by atoms with E-state index in [1.54, 1.807) is 30.0 Å². The number of rotatable bonds is 8. The molecule has 0 fully saturated rings. The summed E-state index contributed by atoms with van der Waals surface area (Å²) in [5.41, 5.74) is 2.79. The van der Waals surface area contributed by atoms with E-state index >= 15 is 0 Å². The summed E-state index contributed by atoms with van der Waals surface area (Å²) in [6.07, 6.45) is 2.90. The van der Waals surface area contributed by atoms with Gasteiger partial charge in [0, 0.05) is 22.7 Å². The zero-order valence-electron chi connectivity index (χ0n) is 18.6.